The number of benzene rings is 2. The number of halogens is 1. The molecule has 0 atom stereocenters. The number of ether oxygens (including phenoxy) is 1. The molecule has 142 valence electrons. The van der Waals surface area contributed by atoms with Gasteiger partial charge in [-0.15, -0.1) is 11.3 Å². The zero-order chi connectivity index (χ0) is 19.4. The van der Waals surface area contributed by atoms with E-state index in [9.17, 15) is 12.8 Å². The maximum Gasteiger partial charge on any atom is 0.240 e. The van der Waals surface area contributed by atoms with E-state index in [-0.39, 0.29) is 17.2 Å². The van der Waals surface area contributed by atoms with Crippen LogP contribution in [0.15, 0.2) is 52.7 Å². The van der Waals surface area contributed by atoms with Gasteiger partial charge in [0.1, 0.15) is 5.01 Å². The van der Waals surface area contributed by atoms with Crippen molar-refractivity contribution in [2.45, 2.75) is 18.2 Å². The van der Waals surface area contributed by atoms with Gasteiger partial charge in [-0.2, -0.15) is 0 Å². The highest BCUT2D eigenvalue weighted by atomic mass is 32.2. The van der Waals surface area contributed by atoms with Crippen LogP contribution in [0.3, 0.4) is 0 Å². The molecule has 1 N–H and O–H groups in total. The Bertz CT molecular complexity index is 1050. The molecule has 0 bridgehead atoms. The van der Waals surface area contributed by atoms with Crippen LogP contribution in [0.1, 0.15) is 11.3 Å². The second kappa shape index (κ2) is 8.16. The van der Waals surface area contributed by atoms with Crippen LogP contribution in [0.4, 0.5) is 4.39 Å². The number of sulfonamides is 1. The summed E-state index contributed by atoms with van der Waals surface area (Å²) in [6, 6.07) is 11.6. The van der Waals surface area contributed by atoms with E-state index in [2.05, 4.69) is 15.8 Å². The number of methoxy groups -OCH3 is 1. The maximum atomic E-state index is 13.7. The molecular formula is C19H19FN2O3S2. The molecule has 27 heavy (non-hydrogen) atoms. The summed E-state index contributed by atoms with van der Waals surface area (Å²) < 4.78 is 45.6. The van der Waals surface area contributed by atoms with E-state index in [0.717, 1.165) is 27.9 Å². The van der Waals surface area contributed by atoms with Crippen molar-refractivity contribution >= 4 is 21.4 Å². The number of rotatable bonds is 7. The minimum absolute atomic E-state index is 0.0000938. The molecule has 3 aromatic rings. The Balaban J connectivity index is 1.63. The van der Waals surface area contributed by atoms with Gasteiger partial charge in [-0.1, -0.05) is 23.8 Å². The van der Waals surface area contributed by atoms with Crippen LogP contribution >= 0.6 is 11.3 Å². The summed E-state index contributed by atoms with van der Waals surface area (Å²) in [6.07, 6.45) is 0.445. The molecular weight excluding hydrogens is 387 g/mol. The molecule has 0 spiro atoms. The fourth-order valence-electron chi connectivity index (χ4n) is 2.54. The fraction of sp³-hybridized carbons (Fsp3) is 0.211. The minimum atomic E-state index is -3.80. The summed E-state index contributed by atoms with van der Waals surface area (Å²) in [5.74, 6) is -0.720. The normalized spacial score (nSPS) is 11.5. The monoisotopic (exact) mass is 406 g/mol. The van der Waals surface area contributed by atoms with E-state index in [1.165, 1.54) is 30.6 Å². The molecule has 8 heteroatoms. The van der Waals surface area contributed by atoms with Crippen molar-refractivity contribution in [1.29, 1.82) is 0 Å². The lowest BCUT2D eigenvalue weighted by Gasteiger charge is -2.08. The standard InChI is InChI=1S/C19H19FN2O3S2/c1-13-4-3-5-14(10-13)19-22-15(12-26-19)8-9-21-27(23,24)16-6-7-18(25-2)17(20)11-16/h3-7,10-12,21H,8-9H2,1-2H3. The largest absolute Gasteiger partial charge is 0.494 e. The molecule has 0 aliphatic rings. The lowest BCUT2D eigenvalue weighted by Crippen LogP contribution is -2.26. The number of aromatic nitrogens is 1. The summed E-state index contributed by atoms with van der Waals surface area (Å²) in [5, 5.41) is 2.81. The Labute approximate surface area is 161 Å². The highest BCUT2D eigenvalue weighted by Gasteiger charge is 2.16. The number of aryl methyl sites for hydroxylation is 1. The van der Waals surface area contributed by atoms with Gasteiger partial charge in [0, 0.05) is 23.9 Å². The molecule has 0 aliphatic heterocycles. The molecule has 0 fully saturated rings. The zero-order valence-electron chi connectivity index (χ0n) is 14.9. The van der Waals surface area contributed by atoms with Gasteiger partial charge in [-0.3, -0.25) is 0 Å². The van der Waals surface area contributed by atoms with Crippen LogP contribution in [0.2, 0.25) is 0 Å². The highest BCUT2D eigenvalue weighted by Crippen LogP contribution is 2.25. The van der Waals surface area contributed by atoms with E-state index >= 15 is 0 Å². The first-order chi connectivity index (χ1) is 12.9. The second-order valence-corrected chi connectivity index (χ2v) is 8.58. The van der Waals surface area contributed by atoms with Gasteiger partial charge in [0.15, 0.2) is 11.6 Å². The summed E-state index contributed by atoms with van der Waals surface area (Å²) in [4.78, 5) is 4.42. The molecule has 0 saturated heterocycles. The van der Waals surface area contributed by atoms with Crippen LogP contribution in [0.25, 0.3) is 10.6 Å². The molecule has 5 nitrogen and oxygen atoms in total. The minimum Gasteiger partial charge on any atom is -0.494 e. The summed E-state index contributed by atoms with van der Waals surface area (Å²) in [7, 11) is -2.48. The van der Waals surface area contributed by atoms with Gasteiger partial charge in [-0.25, -0.2) is 22.5 Å². The van der Waals surface area contributed by atoms with Gasteiger partial charge in [0.2, 0.25) is 10.0 Å². The smallest absolute Gasteiger partial charge is 0.240 e. The van der Waals surface area contributed by atoms with Gasteiger partial charge >= 0.3 is 0 Å². The summed E-state index contributed by atoms with van der Waals surface area (Å²) in [5.41, 5.74) is 3.00. The lowest BCUT2D eigenvalue weighted by molar-refractivity contribution is 0.385. The number of hydrogen-bond donors (Lipinski definition) is 1. The molecule has 2 aromatic carbocycles. The summed E-state index contributed by atoms with van der Waals surface area (Å²) >= 11 is 1.52. The molecule has 1 aromatic heterocycles. The number of nitrogens with zero attached hydrogens (tertiary/aromatic N) is 1. The van der Waals surface area contributed by atoms with Crippen LogP contribution in [0, 0.1) is 12.7 Å². The first kappa shape index (κ1) is 19.5. The second-order valence-electron chi connectivity index (χ2n) is 5.96. The highest BCUT2D eigenvalue weighted by molar-refractivity contribution is 7.89. The van der Waals surface area contributed by atoms with Gasteiger partial charge in [0.25, 0.3) is 0 Å². The van der Waals surface area contributed by atoms with Crippen LogP contribution in [-0.2, 0) is 16.4 Å². The van der Waals surface area contributed by atoms with E-state index in [0.29, 0.717) is 6.42 Å². The van der Waals surface area contributed by atoms with Crippen molar-refractivity contribution in [3.8, 4) is 16.3 Å². The van der Waals surface area contributed by atoms with E-state index in [4.69, 9.17) is 4.74 Å². The predicted molar refractivity (Wildman–Crippen MR) is 104 cm³/mol. The lowest BCUT2D eigenvalue weighted by atomic mass is 10.1. The average molecular weight is 407 g/mol. The Hall–Kier alpha value is -2.29. The third kappa shape index (κ3) is 4.71. The Kier molecular flexibility index (Phi) is 5.88. The van der Waals surface area contributed by atoms with Crippen molar-refractivity contribution in [1.82, 2.24) is 9.71 Å². The number of nitrogens with one attached hydrogen (secondary N) is 1. The first-order valence-electron chi connectivity index (χ1n) is 8.24. The Morgan fingerprint density at radius 3 is 2.74 bits per heavy atom. The van der Waals surface area contributed by atoms with Crippen molar-refractivity contribution in [3.63, 3.8) is 0 Å². The maximum absolute atomic E-state index is 13.7. The first-order valence-corrected chi connectivity index (χ1v) is 10.6. The van der Waals surface area contributed by atoms with Crippen molar-refractivity contribution in [2.75, 3.05) is 13.7 Å². The Morgan fingerprint density at radius 1 is 1.22 bits per heavy atom. The van der Waals surface area contributed by atoms with Crippen molar-refractivity contribution < 1.29 is 17.5 Å². The van der Waals surface area contributed by atoms with E-state index in [1.807, 2.05) is 30.5 Å². The molecule has 0 saturated carbocycles. The molecule has 0 unspecified atom stereocenters. The van der Waals surface area contributed by atoms with Crippen molar-refractivity contribution in [3.05, 3.63) is 64.9 Å². The quantitative estimate of drug-likeness (QED) is 0.648. The van der Waals surface area contributed by atoms with Crippen LogP contribution in [0.5, 0.6) is 5.75 Å². The fourth-order valence-corrected chi connectivity index (χ4v) is 4.44. The van der Waals surface area contributed by atoms with E-state index < -0.39 is 15.8 Å². The van der Waals surface area contributed by atoms with Crippen LogP contribution < -0.4 is 9.46 Å². The third-order valence-corrected chi connectivity index (χ3v) is 6.32. The number of hydrogen-bond acceptors (Lipinski definition) is 5. The zero-order valence-corrected chi connectivity index (χ0v) is 16.5. The molecule has 3 rings (SSSR count). The summed E-state index contributed by atoms with van der Waals surface area (Å²) in [6.45, 7) is 2.20. The molecule has 0 aliphatic carbocycles. The molecule has 1 heterocycles. The van der Waals surface area contributed by atoms with Crippen LogP contribution in [-0.4, -0.2) is 27.1 Å². The number of thiazole rings is 1. The van der Waals surface area contributed by atoms with Gasteiger partial charge < -0.3 is 4.74 Å². The van der Waals surface area contributed by atoms with Gasteiger partial charge in [0.05, 0.1) is 17.7 Å². The molecule has 0 amide bonds. The SMILES string of the molecule is COc1ccc(S(=O)(=O)NCCc2csc(-c3cccc(C)c3)n2)cc1F. The Morgan fingerprint density at radius 2 is 2.04 bits per heavy atom. The van der Waals surface area contributed by atoms with Gasteiger partial charge in [-0.05, 0) is 31.2 Å². The third-order valence-electron chi connectivity index (χ3n) is 3.92. The topological polar surface area (TPSA) is 68.3 Å². The van der Waals surface area contributed by atoms with E-state index in [1.54, 1.807) is 0 Å². The average Bonchev–Trinajstić information content (AvgIpc) is 3.10. The van der Waals surface area contributed by atoms with Crippen molar-refractivity contribution in [2.24, 2.45) is 0 Å². The predicted octanol–water partition coefficient (Wildman–Crippen LogP) is 3.79. The molecule has 0 radical (unpaired) electrons.